The molecule has 0 saturated carbocycles. The van der Waals surface area contributed by atoms with Crippen LogP contribution in [0.2, 0.25) is 0 Å². The number of nitrogen functional groups attached to an aromatic ring is 1. The zero-order chi connectivity index (χ0) is 11.7. The number of hydrogen-bond acceptors (Lipinski definition) is 3. The maximum Gasteiger partial charge on any atom is 0.0952 e. The van der Waals surface area contributed by atoms with E-state index in [1.54, 1.807) is 12.4 Å². The Hall–Kier alpha value is -2.42. The normalized spacial score (nSPS) is 10.6. The van der Waals surface area contributed by atoms with E-state index in [9.17, 15) is 0 Å². The van der Waals surface area contributed by atoms with E-state index < -0.39 is 0 Å². The summed E-state index contributed by atoms with van der Waals surface area (Å²) in [6.07, 6.45) is 3.53. The number of rotatable bonds is 1. The minimum atomic E-state index is 0.672. The molecule has 0 unspecified atom stereocenters. The molecule has 0 bridgehead atoms. The van der Waals surface area contributed by atoms with Gasteiger partial charge < -0.3 is 5.73 Å². The van der Waals surface area contributed by atoms with Gasteiger partial charge in [0.1, 0.15) is 0 Å². The van der Waals surface area contributed by atoms with E-state index in [1.807, 2.05) is 42.5 Å². The molecule has 3 nitrogen and oxygen atoms in total. The second-order valence-electron chi connectivity index (χ2n) is 3.82. The summed E-state index contributed by atoms with van der Waals surface area (Å²) >= 11 is 0. The summed E-state index contributed by atoms with van der Waals surface area (Å²) in [7, 11) is 0. The summed E-state index contributed by atoms with van der Waals surface area (Å²) in [5.74, 6) is 0. The summed E-state index contributed by atoms with van der Waals surface area (Å²) in [5.41, 5.74) is 9.32. The Balaban J connectivity index is 2.35. The lowest BCUT2D eigenvalue weighted by atomic mass is 10.1. The van der Waals surface area contributed by atoms with Crippen molar-refractivity contribution in [2.75, 3.05) is 5.73 Å². The van der Waals surface area contributed by atoms with Crippen LogP contribution in [0, 0.1) is 0 Å². The largest absolute Gasteiger partial charge is 0.397 e. The van der Waals surface area contributed by atoms with Crippen LogP contribution in [-0.2, 0) is 0 Å². The fourth-order valence-electron chi connectivity index (χ4n) is 1.94. The van der Waals surface area contributed by atoms with Crippen molar-refractivity contribution in [1.29, 1.82) is 0 Å². The van der Waals surface area contributed by atoms with E-state index in [0.717, 1.165) is 22.2 Å². The smallest absolute Gasteiger partial charge is 0.0952 e. The standard InChI is InChI=1S/C14H11N3/c15-12-7-3-9-17-14(12)11-6-1-4-10-5-2-8-16-13(10)11/h1-9H,15H2. The molecule has 1 aromatic carbocycles. The molecule has 3 heteroatoms. The Labute approximate surface area is 98.9 Å². The molecule has 17 heavy (non-hydrogen) atoms. The van der Waals surface area contributed by atoms with Crippen LogP contribution in [0.3, 0.4) is 0 Å². The van der Waals surface area contributed by atoms with Gasteiger partial charge in [0.2, 0.25) is 0 Å². The van der Waals surface area contributed by atoms with Crippen LogP contribution in [0.5, 0.6) is 0 Å². The molecular weight excluding hydrogens is 210 g/mol. The number of anilines is 1. The summed E-state index contributed by atoms with van der Waals surface area (Å²) in [4.78, 5) is 8.74. The highest BCUT2D eigenvalue weighted by molar-refractivity contribution is 5.95. The first kappa shape index (κ1) is 9.78. The maximum atomic E-state index is 5.95. The molecule has 0 spiro atoms. The second-order valence-corrected chi connectivity index (χ2v) is 3.82. The molecular formula is C14H11N3. The van der Waals surface area contributed by atoms with Crippen LogP contribution in [0.1, 0.15) is 0 Å². The minimum absolute atomic E-state index is 0.672. The maximum absolute atomic E-state index is 5.95. The van der Waals surface area contributed by atoms with Crippen LogP contribution in [-0.4, -0.2) is 9.97 Å². The van der Waals surface area contributed by atoms with E-state index in [4.69, 9.17) is 5.73 Å². The highest BCUT2D eigenvalue weighted by Crippen LogP contribution is 2.28. The lowest BCUT2D eigenvalue weighted by Crippen LogP contribution is -1.93. The van der Waals surface area contributed by atoms with E-state index in [-0.39, 0.29) is 0 Å². The molecule has 2 aromatic heterocycles. The average Bonchev–Trinajstić information content (AvgIpc) is 2.39. The molecule has 3 rings (SSSR count). The zero-order valence-electron chi connectivity index (χ0n) is 9.17. The Morgan fingerprint density at radius 3 is 2.47 bits per heavy atom. The molecule has 0 amide bonds. The molecule has 0 aliphatic heterocycles. The molecule has 0 saturated heterocycles. The molecule has 2 N–H and O–H groups in total. The summed E-state index contributed by atoms with van der Waals surface area (Å²) in [6.45, 7) is 0. The van der Waals surface area contributed by atoms with Crippen molar-refractivity contribution >= 4 is 16.6 Å². The van der Waals surface area contributed by atoms with Crippen molar-refractivity contribution in [2.24, 2.45) is 0 Å². The molecule has 2 heterocycles. The first-order valence-electron chi connectivity index (χ1n) is 5.41. The predicted molar refractivity (Wildman–Crippen MR) is 69.4 cm³/mol. The van der Waals surface area contributed by atoms with Crippen molar-refractivity contribution in [2.45, 2.75) is 0 Å². The van der Waals surface area contributed by atoms with Gasteiger partial charge in [-0.05, 0) is 18.2 Å². The van der Waals surface area contributed by atoms with Crippen LogP contribution in [0.25, 0.3) is 22.2 Å². The fraction of sp³-hybridized carbons (Fsp3) is 0. The Morgan fingerprint density at radius 1 is 0.824 bits per heavy atom. The predicted octanol–water partition coefficient (Wildman–Crippen LogP) is 2.88. The number of fused-ring (bicyclic) bond motifs is 1. The van der Waals surface area contributed by atoms with Gasteiger partial charge in [0, 0.05) is 23.3 Å². The van der Waals surface area contributed by atoms with Gasteiger partial charge >= 0.3 is 0 Å². The first-order chi connectivity index (χ1) is 8.36. The van der Waals surface area contributed by atoms with Crippen molar-refractivity contribution in [3.63, 3.8) is 0 Å². The van der Waals surface area contributed by atoms with Gasteiger partial charge in [-0.2, -0.15) is 0 Å². The van der Waals surface area contributed by atoms with Crippen LogP contribution in [0.4, 0.5) is 5.69 Å². The van der Waals surface area contributed by atoms with Crippen LogP contribution in [0.15, 0.2) is 54.9 Å². The van der Waals surface area contributed by atoms with Crippen LogP contribution < -0.4 is 5.73 Å². The topological polar surface area (TPSA) is 51.8 Å². The number of para-hydroxylation sites is 1. The summed E-state index contributed by atoms with van der Waals surface area (Å²) in [5, 5.41) is 1.09. The molecule has 0 radical (unpaired) electrons. The van der Waals surface area contributed by atoms with Gasteiger partial charge in [-0.15, -0.1) is 0 Å². The van der Waals surface area contributed by atoms with E-state index >= 15 is 0 Å². The molecule has 0 aliphatic rings. The third kappa shape index (κ3) is 1.61. The Bertz CT molecular complexity index is 672. The lowest BCUT2D eigenvalue weighted by molar-refractivity contribution is 1.32. The van der Waals surface area contributed by atoms with Gasteiger partial charge in [-0.3, -0.25) is 9.97 Å². The molecule has 3 aromatic rings. The highest BCUT2D eigenvalue weighted by atomic mass is 14.7. The van der Waals surface area contributed by atoms with E-state index in [0.29, 0.717) is 5.69 Å². The summed E-state index contributed by atoms with van der Waals surface area (Å²) in [6, 6.07) is 13.7. The third-order valence-electron chi connectivity index (χ3n) is 2.73. The van der Waals surface area contributed by atoms with Gasteiger partial charge in [0.15, 0.2) is 0 Å². The van der Waals surface area contributed by atoms with E-state index in [2.05, 4.69) is 9.97 Å². The van der Waals surface area contributed by atoms with Gasteiger partial charge in [-0.25, -0.2) is 0 Å². The van der Waals surface area contributed by atoms with Gasteiger partial charge in [-0.1, -0.05) is 24.3 Å². The lowest BCUT2D eigenvalue weighted by Gasteiger charge is -2.07. The van der Waals surface area contributed by atoms with Crippen molar-refractivity contribution in [3.05, 3.63) is 54.9 Å². The third-order valence-corrected chi connectivity index (χ3v) is 2.73. The highest BCUT2D eigenvalue weighted by Gasteiger charge is 2.07. The SMILES string of the molecule is Nc1cccnc1-c1cccc2cccnc12. The number of aromatic nitrogens is 2. The first-order valence-corrected chi connectivity index (χ1v) is 5.41. The number of hydrogen-bond donors (Lipinski definition) is 1. The van der Waals surface area contributed by atoms with Gasteiger partial charge in [0.05, 0.1) is 16.9 Å². The Morgan fingerprint density at radius 2 is 1.59 bits per heavy atom. The molecule has 82 valence electrons. The van der Waals surface area contributed by atoms with Crippen molar-refractivity contribution < 1.29 is 0 Å². The van der Waals surface area contributed by atoms with Gasteiger partial charge in [0.25, 0.3) is 0 Å². The monoisotopic (exact) mass is 221 g/mol. The number of nitrogens with two attached hydrogens (primary N) is 1. The zero-order valence-corrected chi connectivity index (χ0v) is 9.17. The quantitative estimate of drug-likeness (QED) is 0.687. The summed E-state index contributed by atoms with van der Waals surface area (Å²) < 4.78 is 0. The average molecular weight is 221 g/mol. The Kier molecular flexibility index (Phi) is 2.22. The van der Waals surface area contributed by atoms with E-state index in [1.165, 1.54) is 0 Å². The van der Waals surface area contributed by atoms with Crippen LogP contribution >= 0.6 is 0 Å². The fourth-order valence-corrected chi connectivity index (χ4v) is 1.94. The molecule has 0 aliphatic carbocycles. The second kappa shape index (κ2) is 3.87. The molecule has 0 atom stereocenters. The minimum Gasteiger partial charge on any atom is -0.397 e. The number of pyridine rings is 2. The van der Waals surface area contributed by atoms with Crippen molar-refractivity contribution in [1.82, 2.24) is 9.97 Å². The molecule has 0 fully saturated rings. The number of nitrogens with zero attached hydrogens (tertiary/aromatic N) is 2. The number of benzene rings is 1. The van der Waals surface area contributed by atoms with Crippen molar-refractivity contribution in [3.8, 4) is 11.3 Å².